The number of unbranched alkanes of at least 4 members (excludes halogenated alkanes) is 10. The predicted molar refractivity (Wildman–Crippen MR) is 242 cm³/mol. The van der Waals surface area contributed by atoms with Gasteiger partial charge >= 0.3 is 27.6 Å². The third kappa shape index (κ3) is 29.8. The molecule has 8 N–H and O–H groups in total. The summed E-state index contributed by atoms with van der Waals surface area (Å²) >= 11 is 0. The Morgan fingerprint density at radius 1 is 0.578 bits per heavy atom. The number of phosphoric acid groups is 2. The van der Waals surface area contributed by atoms with Gasteiger partial charge in [0, 0.05) is 12.8 Å². The molecule has 9 atom stereocenters. The van der Waals surface area contributed by atoms with Crippen LogP contribution in [0.15, 0.2) is 72.9 Å². The molecule has 6 unspecified atom stereocenters. The van der Waals surface area contributed by atoms with Crippen molar-refractivity contribution in [3.05, 3.63) is 72.9 Å². The van der Waals surface area contributed by atoms with Gasteiger partial charge in [-0.1, -0.05) is 125 Å². The minimum absolute atomic E-state index is 0.0714. The number of esters is 2. The predicted octanol–water partition coefficient (Wildman–Crippen LogP) is 7.03. The first-order chi connectivity index (χ1) is 30.5. The lowest BCUT2D eigenvalue weighted by Gasteiger charge is -2.43. The van der Waals surface area contributed by atoms with Gasteiger partial charge in [-0.25, -0.2) is 9.13 Å². The molecule has 17 nitrogen and oxygen atoms in total. The highest BCUT2D eigenvalue weighted by Crippen LogP contribution is 2.49. The standard InChI is InChI=1S/C45H76O17P2/c1-3-5-7-9-11-13-14-15-16-18-20-24-28-32-38(47)58-34-37(35-59-64(56,57)62-45-42(51)40(49)41(50)44(43(45)52)61-63(53,54)55)60-39(48)33-29-25-21-23-27-31-36(46)30-26-22-19-17-12-10-8-6-4-2/h7,9,12-14,17,21-23,26-27,31,36-37,40-46,49-52H,3-6,8,10-11,15-16,18-20,24-25,28-30,32-35H2,1-2H3,(H,56,57)(H2,53,54,55)/b9-7-,14-13-,17-12-,23-21+,26-22-,31-27-/t36?,37-,40?,41?,42?,43?,44-,45+/m1/s1. The number of rotatable bonds is 36. The first-order valence-electron chi connectivity index (χ1n) is 22.6. The topological polar surface area (TPSA) is 276 Å². The van der Waals surface area contributed by atoms with Crippen molar-refractivity contribution in [2.45, 2.75) is 185 Å². The third-order valence-corrected chi connectivity index (χ3v) is 11.3. The summed E-state index contributed by atoms with van der Waals surface area (Å²) in [6, 6.07) is 0. The number of aliphatic hydroxyl groups excluding tert-OH is 5. The first kappa shape index (κ1) is 59.4. The Bertz CT molecular complexity index is 1540. The van der Waals surface area contributed by atoms with E-state index in [0.29, 0.717) is 25.7 Å². The minimum atomic E-state index is -5.38. The normalized spacial score (nSPS) is 23.0. The zero-order chi connectivity index (χ0) is 47.6. The lowest BCUT2D eigenvalue weighted by molar-refractivity contribution is -0.216. The van der Waals surface area contributed by atoms with Crippen LogP contribution in [0.1, 0.15) is 136 Å². The number of aliphatic hydroxyl groups is 5. The molecule has 1 aliphatic carbocycles. The van der Waals surface area contributed by atoms with Gasteiger partial charge in [0.15, 0.2) is 6.10 Å². The largest absolute Gasteiger partial charge is 0.472 e. The van der Waals surface area contributed by atoms with Crippen molar-refractivity contribution in [3.63, 3.8) is 0 Å². The van der Waals surface area contributed by atoms with E-state index in [-0.39, 0.29) is 12.8 Å². The Morgan fingerprint density at radius 3 is 1.78 bits per heavy atom. The van der Waals surface area contributed by atoms with Gasteiger partial charge in [0.05, 0.1) is 12.7 Å². The maximum Gasteiger partial charge on any atom is 0.472 e. The summed E-state index contributed by atoms with van der Waals surface area (Å²) in [7, 11) is -10.7. The molecule has 1 rings (SSSR count). The van der Waals surface area contributed by atoms with Crippen molar-refractivity contribution >= 4 is 27.6 Å². The molecule has 19 heteroatoms. The van der Waals surface area contributed by atoms with E-state index in [1.54, 1.807) is 24.3 Å². The van der Waals surface area contributed by atoms with E-state index in [1.165, 1.54) is 19.3 Å². The van der Waals surface area contributed by atoms with Gasteiger partial charge in [0.25, 0.3) is 0 Å². The van der Waals surface area contributed by atoms with Crippen LogP contribution in [-0.2, 0) is 41.8 Å². The first-order valence-corrected chi connectivity index (χ1v) is 25.6. The molecule has 1 saturated carbocycles. The molecule has 0 spiro atoms. The zero-order valence-electron chi connectivity index (χ0n) is 37.5. The molecule has 1 aliphatic rings. The molecule has 0 aromatic carbocycles. The molecular formula is C45H76O17P2. The Balaban J connectivity index is 2.72. The summed E-state index contributed by atoms with van der Waals surface area (Å²) in [6.07, 6.45) is 23.2. The molecule has 0 radical (unpaired) electrons. The highest BCUT2D eigenvalue weighted by Gasteiger charge is 2.54. The van der Waals surface area contributed by atoms with Crippen LogP contribution in [0.4, 0.5) is 0 Å². The number of hydrogen-bond donors (Lipinski definition) is 8. The van der Waals surface area contributed by atoms with Crippen LogP contribution in [0.5, 0.6) is 0 Å². The highest BCUT2D eigenvalue weighted by molar-refractivity contribution is 7.47. The van der Waals surface area contributed by atoms with Crippen LogP contribution >= 0.6 is 15.6 Å². The van der Waals surface area contributed by atoms with Gasteiger partial charge in [-0.15, -0.1) is 0 Å². The summed E-state index contributed by atoms with van der Waals surface area (Å²) in [5, 5.41) is 51.3. The van der Waals surface area contributed by atoms with Crippen molar-refractivity contribution in [1.82, 2.24) is 0 Å². The molecule has 0 saturated heterocycles. The van der Waals surface area contributed by atoms with E-state index in [2.05, 4.69) is 54.8 Å². The zero-order valence-corrected chi connectivity index (χ0v) is 39.3. The van der Waals surface area contributed by atoms with Gasteiger partial charge in [-0.05, 0) is 70.6 Å². The molecule has 0 amide bonds. The Hall–Kier alpha value is -2.60. The molecule has 0 bridgehead atoms. The average molecular weight is 951 g/mol. The summed E-state index contributed by atoms with van der Waals surface area (Å²) in [5.74, 6) is -1.36. The summed E-state index contributed by atoms with van der Waals surface area (Å²) in [4.78, 5) is 54.1. The minimum Gasteiger partial charge on any atom is -0.462 e. The summed E-state index contributed by atoms with van der Waals surface area (Å²) in [5.41, 5.74) is 0. The SMILES string of the molecule is CCC/C=C\C/C=C\CCCCCCCC(=O)OC[C@H](COP(=O)(O)O[C@H]1C(O)C(O)C(O)[C@@H](OP(=O)(O)O)C1O)OC(=O)CCC/C=C/C=C\C(O)C/C=C\C/C=C\CCCCC. The van der Waals surface area contributed by atoms with E-state index in [4.69, 9.17) is 28.3 Å². The third-order valence-electron chi connectivity index (χ3n) is 9.81. The van der Waals surface area contributed by atoms with Gasteiger partial charge in [0.2, 0.25) is 0 Å². The van der Waals surface area contributed by atoms with Crippen LogP contribution in [0.3, 0.4) is 0 Å². The van der Waals surface area contributed by atoms with Crippen molar-refractivity contribution in [3.8, 4) is 0 Å². The molecule has 64 heavy (non-hydrogen) atoms. The second-order valence-electron chi connectivity index (χ2n) is 15.6. The van der Waals surface area contributed by atoms with Crippen LogP contribution in [0.25, 0.3) is 0 Å². The molecule has 0 aromatic rings. The van der Waals surface area contributed by atoms with Crippen LogP contribution in [0, 0.1) is 0 Å². The number of phosphoric ester groups is 2. The van der Waals surface area contributed by atoms with Crippen molar-refractivity contribution in [2.75, 3.05) is 13.2 Å². The molecule has 0 heterocycles. The number of carbonyl (C=O) groups excluding carboxylic acids is 2. The number of carbonyl (C=O) groups is 2. The van der Waals surface area contributed by atoms with Crippen LogP contribution in [0.2, 0.25) is 0 Å². The van der Waals surface area contributed by atoms with Crippen molar-refractivity contribution in [1.29, 1.82) is 0 Å². The monoisotopic (exact) mass is 950 g/mol. The van der Waals surface area contributed by atoms with Crippen LogP contribution in [-0.4, -0.2) is 114 Å². The van der Waals surface area contributed by atoms with Crippen LogP contribution < -0.4 is 0 Å². The van der Waals surface area contributed by atoms with Gasteiger partial charge in [-0.3, -0.25) is 23.2 Å². The Labute approximate surface area is 379 Å². The lowest BCUT2D eigenvalue weighted by atomic mass is 9.85. The van der Waals surface area contributed by atoms with E-state index in [0.717, 1.165) is 64.2 Å². The maximum absolute atomic E-state index is 13.0. The van der Waals surface area contributed by atoms with Gasteiger partial charge in [0.1, 0.15) is 43.2 Å². The van der Waals surface area contributed by atoms with Crippen molar-refractivity contribution < 1.29 is 82.0 Å². The maximum atomic E-state index is 13.0. The number of ether oxygens (including phenoxy) is 2. The fourth-order valence-electron chi connectivity index (χ4n) is 6.25. The Kier molecular flexibility index (Phi) is 33.0. The van der Waals surface area contributed by atoms with Gasteiger partial charge in [-0.2, -0.15) is 0 Å². The van der Waals surface area contributed by atoms with E-state index in [9.17, 15) is 49.1 Å². The lowest BCUT2D eigenvalue weighted by Crippen LogP contribution is -2.64. The fraction of sp³-hybridized carbons (Fsp3) is 0.689. The van der Waals surface area contributed by atoms with E-state index >= 15 is 0 Å². The number of allylic oxidation sites excluding steroid dienone is 10. The Morgan fingerprint density at radius 2 is 1.14 bits per heavy atom. The summed E-state index contributed by atoms with van der Waals surface area (Å²) < 4.78 is 49.1. The quantitative estimate of drug-likeness (QED) is 0.0103. The number of hydrogen-bond acceptors (Lipinski definition) is 14. The molecule has 1 fully saturated rings. The smallest absolute Gasteiger partial charge is 0.462 e. The second-order valence-corrected chi connectivity index (χ2v) is 18.2. The summed E-state index contributed by atoms with van der Waals surface area (Å²) in [6.45, 7) is 2.85. The second kappa shape index (κ2) is 35.6. The van der Waals surface area contributed by atoms with E-state index in [1.807, 2.05) is 12.2 Å². The fourth-order valence-corrected chi connectivity index (χ4v) is 7.79. The average Bonchev–Trinajstić information content (AvgIpc) is 3.24. The molecule has 368 valence electrons. The van der Waals surface area contributed by atoms with Gasteiger partial charge < -0.3 is 49.7 Å². The molecular weight excluding hydrogens is 874 g/mol. The van der Waals surface area contributed by atoms with E-state index < -0.39 is 89.6 Å². The molecule has 0 aromatic heterocycles. The molecule has 0 aliphatic heterocycles. The van der Waals surface area contributed by atoms with Crippen molar-refractivity contribution in [2.24, 2.45) is 0 Å². The highest BCUT2D eigenvalue weighted by atomic mass is 31.2.